The highest BCUT2D eigenvalue weighted by atomic mass is 16.7. The number of hydrogen-bond donors (Lipinski definition) is 0. The van der Waals surface area contributed by atoms with E-state index in [0.29, 0.717) is 0 Å². The van der Waals surface area contributed by atoms with E-state index in [0.717, 1.165) is 18.4 Å². The van der Waals surface area contributed by atoms with Crippen LogP contribution in [0.5, 0.6) is 0 Å². The van der Waals surface area contributed by atoms with Crippen LogP contribution in [0.3, 0.4) is 0 Å². The average Bonchev–Trinajstić information content (AvgIpc) is 3.42. The Hall–Kier alpha value is -2.52. The van der Waals surface area contributed by atoms with E-state index in [2.05, 4.69) is 9.98 Å². The molecule has 4 rings (SSSR count). The summed E-state index contributed by atoms with van der Waals surface area (Å²) in [5, 5.41) is 0. The van der Waals surface area contributed by atoms with E-state index in [1.807, 2.05) is 13.1 Å². The largest absolute Gasteiger partial charge is 0.457 e. The van der Waals surface area contributed by atoms with Crippen LogP contribution < -0.4 is 0 Å². The topological polar surface area (TPSA) is 101 Å². The van der Waals surface area contributed by atoms with Gasteiger partial charge in [0, 0.05) is 24.8 Å². The van der Waals surface area contributed by atoms with E-state index in [1.54, 1.807) is 6.20 Å². The van der Waals surface area contributed by atoms with Crippen molar-refractivity contribution in [1.82, 2.24) is 9.55 Å². The van der Waals surface area contributed by atoms with Crippen LogP contribution in [0.15, 0.2) is 35.5 Å². The van der Waals surface area contributed by atoms with Gasteiger partial charge in [0.25, 0.3) is 0 Å². The normalized spacial score (nSPS) is 30.5. The number of esters is 1. The predicted octanol–water partition coefficient (Wildman–Crippen LogP) is 1.33. The molecule has 144 valence electrons. The molecule has 5 unspecified atom stereocenters. The standard InChI is InChI=1S/C18H21N3O6/c1-11(12-3-2-4-19-7-12)17(22)26-13-8-24-16-14(9-25-15(13)16)27-18(23)21-6-5-20-10-21/h4-7,10-11,13-16H,2-3,8-9H2,1H3. The molecular formula is C18H21N3O6. The summed E-state index contributed by atoms with van der Waals surface area (Å²) < 4.78 is 23.7. The lowest BCUT2D eigenvalue weighted by molar-refractivity contribution is -0.156. The van der Waals surface area contributed by atoms with Crippen molar-refractivity contribution in [2.24, 2.45) is 10.9 Å². The lowest BCUT2D eigenvalue weighted by Crippen LogP contribution is -2.37. The monoisotopic (exact) mass is 375 g/mol. The fraction of sp³-hybridized carbons (Fsp3) is 0.556. The Morgan fingerprint density at radius 3 is 2.59 bits per heavy atom. The zero-order valence-electron chi connectivity index (χ0n) is 14.9. The Balaban J connectivity index is 1.33. The van der Waals surface area contributed by atoms with E-state index in [1.165, 1.54) is 23.3 Å². The second-order valence-electron chi connectivity index (χ2n) is 6.76. The minimum absolute atomic E-state index is 0.194. The van der Waals surface area contributed by atoms with Gasteiger partial charge in [-0.3, -0.25) is 9.79 Å². The Morgan fingerprint density at radius 2 is 1.96 bits per heavy atom. The second kappa shape index (κ2) is 7.61. The van der Waals surface area contributed by atoms with Crippen LogP contribution in [0.25, 0.3) is 0 Å². The van der Waals surface area contributed by atoms with Gasteiger partial charge in [0.2, 0.25) is 0 Å². The quantitative estimate of drug-likeness (QED) is 0.732. The van der Waals surface area contributed by atoms with Crippen LogP contribution >= 0.6 is 0 Å². The van der Waals surface area contributed by atoms with Gasteiger partial charge in [0.05, 0.1) is 19.1 Å². The van der Waals surface area contributed by atoms with Crippen molar-refractivity contribution in [2.45, 2.75) is 44.2 Å². The van der Waals surface area contributed by atoms with Gasteiger partial charge < -0.3 is 18.9 Å². The van der Waals surface area contributed by atoms with Crippen molar-refractivity contribution in [3.05, 3.63) is 30.5 Å². The molecule has 9 heteroatoms. The molecule has 0 spiro atoms. The predicted molar refractivity (Wildman–Crippen MR) is 92.2 cm³/mol. The molecule has 9 nitrogen and oxygen atoms in total. The van der Waals surface area contributed by atoms with Crippen molar-refractivity contribution in [2.75, 3.05) is 13.2 Å². The summed E-state index contributed by atoms with van der Waals surface area (Å²) in [6, 6.07) is 0. The summed E-state index contributed by atoms with van der Waals surface area (Å²) in [6.45, 7) is 2.22. The number of carbonyl (C=O) groups excluding carboxylic acids is 2. The molecule has 4 heterocycles. The molecule has 0 N–H and O–H groups in total. The Bertz CT molecular complexity index is 759. The number of rotatable bonds is 4. The number of carbonyl (C=O) groups is 2. The van der Waals surface area contributed by atoms with Crippen molar-refractivity contribution in [3.8, 4) is 0 Å². The summed E-state index contributed by atoms with van der Waals surface area (Å²) >= 11 is 0. The van der Waals surface area contributed by atoms with Gasteiger partial charge in [-0.2, -0.15) is 0 Å². The zero-order chi connectivity index (χ0) is 18.8. The van der Waals surface area contributed by atoms with Crippen LogP contribution in [0.1, 0.15) is 19.8 Å². The lowest BCUT2D eigenvalue weighted by Gasteiger charge is -2.21. The summed E-state index contributed by atoms with van der Waals surface area (Å²) in [7, 11) is 0. The van der Waals surface area contributed by atoms with E-state index in [9.17, 15) is 9.59 Å². The Labute approximate surface area is 156 Å². The van der Waals surface area contributed by atoms with Gasteiger partial charge in [-0.1, -0.05) is 0 Å². The SMILES string of the molecule is CC(C(=O)OC1COC2C(OC(=O)n3ccnc3)COC12)C1=CN=CCC1. The molecule has 5 atom stereocenters. The molecule has 0 saturated carbocycles. The number of hydrogen-bond acceptors (Lipinski definition) is 8. The number of fused-ring (bicyclic) bond motifs is 1. The first kappa shape index (κ1) is 17.9. The molecular weight excluding hydrogens is 354 g/mol. The van der Waals surface area contributed by atoms with Crippen molar-refractivity contribution in [3.63, 3.8) is 0 Å². The molecule has 0 bridgehead atoms. The van der Waals surface area contributed by atoms with Gasteiger partial charge in [-0.05, 0) is 25.3 Å². The molecule has 0 radical (unpaired) electrons. The lowest BCUT2D eigenvalue weighted by atomic mass is 9.96. The highest BCUT2D eigenvalue weighted by Gasteiger charge is 2.51. The Morgan fingerprint density at radius 1 is 1.22 bits per heavy atom. The zero-order valence-corrected chi connectivity index (χ0v) is 14.9. The van der Waals surface area contributed by atoms with E-state index >= 15 is 0 Å². The van der Waals surface area contributed by atoms with E-state index < -0.39 is 30.5 Å². The molecule has 3 aliphatic heterocycles. The highest BCUT2D eigenvalue weighted by molar-refractivity contribution is 5.76. The van der Waals surface area contributed by atoms with Gasteiger partial charge >= 0.3 is 12.1 Å². The Kier molecular flexibility index (Phi) is 5.04. The van der Waals surface area contributed by atoms with Gasteiger partial charge in [0.1, 0.15) is 18.5 Å². The fourth-order valence-electron chi connectivity index (χ4n) is 3.44. The molecule has 1 aromatic heterocycles. The van der Waals surface area contributed by atoms with Crippen molar-refractivity contribution >= 4 is 18.3 Å². The van der Waals surface area contributed by atoms with E-state index in [4.69, 9.17) is 18.9 Å². The summed E-state index contributed by atoms with van der Waals surface area (Å²) in [6.07, 6.45) is 7.01. The third kappa shape index (κ3) is 3.65. The summed E-state index contributed by atoms with van der Waals surface area (Å²) in [4.78, 5) is 32.5. The van der Waals surface area contributed by atoms with Crippen molar-refractivity contribution in [1.29, 1.82) is 0 Å². The van der Waals surface area contributed by atoms with Gasteiger partial charge in [-0.25, -0.2) is 14.3 Å². The second-order valence-corrected chi connectivity index (χ2v) is 6.76. The number of imidazole rings is 1. The molecule has 0 aromatic carbocycles. The van der Waals surface area contributed by atoms with Crippen LogP contribution in [0, 0.1) is 5.92 Å². The first-order chi connectivity index (χ1) is 13.1. The number of aliphatic imine (C=N–C) groups is 1. The number of ether oxygens (including phenoxy) is 4. The van der Waals surface area contributed by atoms with Gasteiger partial charge in [-0.15, -0.1) is 0 Å². The number of aromatic nitrogens is 2. The van der Waals surface area contributed by atoms with Crippen LogP contribution in [-0.2, 0) is 23.7 Å². The minimum Gasteiger partial charge on any atom is -0.457 e. The third-order valence-electron chi connectivity index (χ3n) is 5.02. The van der Waals surface area contributed by atoms with Crippen LogP contribution in [-0.4, -0.2) is 65.5 Å². The molecule has 0 aliphatic carbocycles. The molecule has 1 aromatic rings. The number of nitrogens with zero attached hydrogens (tertiary/aromatic N) is 3. The smallest absolute Gasteiger partial charge is 0.419 e. The highest BCUT2D eigenvalue weighted by Crippen LogP contribution is 2.32. The first-order valence-electron chi connectivity index (χ1n) is 8.96. The molecule has 3 aliphatic rings. The first-order valence-corrected chi connectivity index (χ1v) is 8.96. The maximum absolute atomic E-state index is 12.5. The molecule has 2 fully saturated rings. The molecule has 2 saturated heterocycles. The maximum atomic E-state index is 12.5. The van der Waals surface area contributed by atoms with Crippen molar-refractivity contribution < 1.29 is 28.5 Å². The van der Waals surface area contributed by atoms with Crippen LogP contribution in [0.2, 0.25) is 0 Å². The molecule has 27 heavy (non-hydrogen) atoms. The van der Waals surface area contributed by atoms with Crippen LogP contribution in [0.4, 0.5) is 4.79 Å². The average molecular weight is 375 g/mol. The summed E-state index contributed by atoms with van der Waals surface area (Å²) in [5.74, 6) is -0.687. The maximum Gasteiger partial charge on any atom is 0.419 e. The van der Waals surface area contributed by atoms with E-state index in [-0.39, 0.29) is 25.1 Å². The molecule has 0 amide bonds. The van der Waals surface area contributed by atoms with Gasteiger partial charge in [0.15, 0.2) is 12.2 Å². The third-order valence-corrected chi connectivity index (χ3v) is 5.02. The summed E-state index contributed by atoms with van der Waals surface area (Å²) in [5.41, 5.74) is 0.956. The minimum atomic E-state index is -0.554. The fourth-order valence-corrected chi connectivity index (χ4v) is 3.44.